The van der Waals surface area contributed by atoms with Crippen LogP contribution in [0.5, 0.6) is 5.75 Å². The van der Waals surface area contributed by atoms with E-state index in [9.17, 15) is 4.79 Å². The van der Waals surface area contributed by atoms with E-state index in [0.717, 1.165) is 42.6 Å². The molecule has 0 N–H and O–H groups in total. The number of nitrogens with zero attached hydrogens (tertiary/aromatic N) is 1. The Hall–Kier alpha value is -1.82. The maximum absolute atomic E-state index is 11.8. The number of hydrogen-bond donors (Lipinski definition) is 0. The maximum atomic E-state index is 11.8. The summed E-state index contributed by atoms with van der Waals surface area (Å²) in [5.41, 5.74) is 1.89. The molecule has 1 aromatic carbocycles. The highest BCUT2D eigenvalue weighted by molar-refractivity contribution is 5.99. The molecule has 1 aromatic rings. The Morgan fingerprint density at radius 2 is 2.17 bits per heavy atom. The zero-order chi connectivity index (χ0) is 12.8. The molecule has 0 saturated carbocycles. The van der Waals surface area contributed by atoms with Crippen LogP contribution < -0.4 is 4.74 Å². The molecular weight excluding hydrogens is 226 g/mol. The lowest BCUT2D eigenvalue weighted by atomic mass is 9.90. The average molecular weight is 243 g/mol. The minimum absolute atomic E-state index is 0.228. The Balaban J connectivity index is 1.99. The third-order valence-corrected chi connectivity index (χ3v) is 3.20. The van der Waals surface area contributed by atoms with Gasteiger partial charge < -0.3 is 4.74 Å². The zero-order valence-corrected chi connectivity index (χ0v) is 10.4. The number of unbranched alkanes of at least 4 members (excludes halogenated alkanes) is 2. The molecule has 2 rings (SSSR count). The van der Waals surface area contributed by atoms with Crippen LogP contribution in [0.15, 0.2) is 18.2 Å². The van der Waals surface area contributed by atoms with E-state index in [-0.39, 0.29) is 5.78 Å². The van der Waals surface area contributed by atoms with Crippen LogP contribution >= 0.6 is 0 Å². The first kappa shape index (κ1) is 12.6. The molecule has 0 atom stereocenters. The van der Waals surface area contributed by atoms with Gasteiger partial charge in [0.05, 0.1) is 12.7 Å². The molecule has 0 aliphatic heterocycles. The molecule has 0 bridgehead atoms. The number of carbonyl (C=O) groups is 1. The Labute approximate surface area is 107 Å². The number of hydrogen-bond acceptors (Lipinski definition) is 3. The van der Waals surface area contributed by atoms with Crippen molar-refractivity contribution >= 4 is 5.78 Å². The Morgan fingerprint density at radius 1 is 1.28 bits per heavy atom. The second kappa shape index (κ2) is 6.20. The lowest BCUT2D eigenvalue weighted by molar-refractivity contribution is 0.0971. The van der Waals surface area contributed by atoms with Crippen molar-refractivity contribution in [2.45, 2.75) is 38.5 Å². The summed E-state index contributed by atoms with van der Waals surface area (Å²) in [6.45, 7) is 0.617. The van der Waals surface area contributed by atoms with E-state index in [1.807, 2.05) is 18.2 Å². The predicted octanol–water partition coefficient (Wildman–Crippen LogP) is 3.28. The monoisotopic (exact) mass is 243 g/mol. The fourth-order valence-electron chi connectivity index (χ4n) is 2.27. The van der Waals surface area contributed by atoms with Gasteiger partial charge in [-0.2, -0.15) is 5.26 Å². The number of ether oxygens (including phenoxy) is 1. The summed E-state index contributed by atoms with van der Waals surface area (Å²) >= 11 is 0. The molecule has 18 heavy (non-hydrogen) atoms. The van der Waals surface area contributed by atoms with Gasteiger partial charge in [-0.05, 0) is 31.7 Å². The second-order valence-electron chi connectivity index (χ2n) is 4.52. The van der Waals surface area contributed by atoms with Crippen molar-refractivity contribution in [3.8, 4) is 11.8 Å². The SMILES string of the molecule is N#CCCCCOc1cccc2c1CCCC2=O. The van der Waals surface area contributed by atoms with E-state index in [0.29, 0.717) is 19.4 Å². The molecule has 0 unspecified atom stereocenters. The maximum Gasteiger partial charge on any atom is 0.163 e. The van der Waals surface area contributed by atoms with Gasteiger partial charge in [0.1, 0.15) is 5.75 Å². The normalized spacial score (nSPS) is 13.8. The van der Waals surface area contributed by atoms with Crippen LogP contribution in [0.1, 0.15) is 48.0 Å². The largest absolute Gasteiger partial charge is 0.493 e. The van der Waals surface area contributed by atoms with Gasteiger partial charge in [0, 0.05) is 24.0 Å². The van der Waals surface area contributed by atoms with E-state index in [1.54, 1.807) is 0 Å². The summed E-state index contributed by atoms with van der Waals surface area (Å²) in [6, 6.07) is 7.82. The minimum atomic E-state index is 0.228. The standard InChI is InChI=1S/C15H17NO2/c16-10-2-1-3-11-18-15-9-5-6-12-13(15)7-4-8-14(12)17/h5-6,9H,1-4,7-8,11H2. The van der Waals surface area contributed by atoms with Crippen molar-refractivity contribution in [3.05, 3.63) is 29.3 Å². The van der Waals surface area contributed by atoms with Gasteiger partial charge in [0.25, 0.3) is 0 Å². The van der Waals surface area contributed by atoms with Gasteiger partial charge in [-0.1, -0.05) is 12.1 Å². The van der Waals surface area contributed by atoms with Crippen LogP contribution in [-0.4, -0.2) is 12.4 Å². The highest BCUT2D eigenvalue weighted by Gasteiger charge is 2.19. The summed E-state index contributed by atoms with van der Waals surface area (Å²) < 4.78 is 5.74. The molecule has 0 fully saturated rings. The third-order valence-electron chi connectivity index (χ3n) is 3.20. The van der Waals surface area contributed by atoms with Crippen LogP contribution in [0.25, 0.3) is 0 Å². The molecule has 0 saturated heterocycles. The molecule has 3 nitrogen and oxygen atoms in total. The van der Waals surface area contributed by atoms with Crippen LogP contribution in [0, 0.1) is 11.3 Å². The van der Waals surface area contributed by atoms with Crippen molar-refractivity contribution in [1.82, 2.24) is 0 Å². The van der Waals surface area contributed by atoms with Crippen molar-refractivity contribution < 1.29 is 9.53 Å². The number of Topliss-reactive ketones (excluding diaryl/α,β-unsaturated/α-hetero) is 1. The van der Waals surface area contributed by atoms with Gasteiger partial charge >= 0.3 is 0 Å². The number of benzene rings is 1. The minimum Gasteiger partial charge on any atom is -0.493 e. The Morgan fingerprint density at radius 3 is 3.00 bits per heavy atom. The first-order valence-electron chi connectivity index (χ1n) is 6.48. The molecule has 3 heteroatoms. The van der Waals surface area contributed by atoms with E-state index in [4.69, 9.17) is 10.00 Å². The van der Waals surface area contributed by atoms with Crippen molar-refractivity contribution in [2.24, 2.45) is 0 Å². The summed E-state index contributed by atoms with van der Waals surface area (Å²) in [5, 5.41) is 8.44. The smallest absolute Gasteiger partial charge is 0.163 e. The van der Waals surface area contributed by atoms with Crippen molar-refractivity contribution in [3.63, 3.8) is 0 Å². The number of carbonyl (C=O) groups excluding carboxylic acids is 1. The summed E-state index contributed by atoms with van der Waals surface area (Å²) in [6.07, 6.45) is 4.82. The van der Waals surface area contributed by atoms with Crippen molar-refractivity contribution in [1.29, 1.82) is 5.26 Å². The fourth-order valence-corrected chi connectivity index (χ4v) is 2.27. The Kier molecular flexibility index (Phi) is 4.35. The van der Waals surface area contributed by atoms with E-state index < -0.39 is 0 Å². The first-order valence-corrected chi connectivity index (χ1v) is 6.48. The van der Waals surface area contributed by atoms with Gasteiger partial charge in [0.2, 0.25) is 0 Å². The molecule has 0 radical (unpaired) electrons. The highest BCUT2D eigenvalue weighted by Crippen LogP contribution is 2.29. The molecule has 0 amide bonds. The lowest BCUT2D eigenvalue weighted by Gasteiger charge is -2.18. The summed E-state index contributed by atoms with van der Waals surface area (Å²) in [7, 11) is 0. The topological polar surface area (TPSA) is 50.1 Å². The van der Waals surface area contributed by atoms with Crippen LogP contribution in [0.3, 0.4) is 0 Å². The quantitative estimate of drug-likeness (QED) is 0.746. The van der Waals surface area contributed by atoms with E-state index >= 15 is 0 Å². The predicted molar refractivity (Wildman–Crippen MR) is 68.7 cm³/mol. The molecular formula is C15H17NO2. The molecule has 0 aromatic heterocycles. The second-order valence-corrected chi connectivity index (χ2v) is 4.52. The molecule has 94 valence electrons. The molecule has 0 spiro atoms. The summed E-state index contributed by atoms with van der Waals surface area (Å²) in [5.74, 6) is 1.07. The average Bonchev–Trinajstić information content (AvgIpc) is 2.39. The first-order chi connectivity index (χ1) is 8.83. The number of nitriles is 1. The van der Waals surface area contributed by atoms with Crippen LogP contribution in [-0.2, 0) is 6.42 Å². The number of rotatable bonds is 5. The van der Waals surface area contributed by atoms with Gasteiger partial charge in [0.15, 0.2) is 5.78 Å². The van der Waals surface area contributed by atoms with Crippen LogP contribution in [0.4, 0.5) is 0 Å². The van der Waals surface area contributed by atoms with E-state index in [1.165, 1.54) is 0 Å². The fraction of sp³-hybridized carbons (Fsp3) is 0.467. The molecule has 1 aliphatic rings. The molecule has 1 aliphatic carbocycles. The Bertz CT molecular complexity index is 474. The van der Waals surface area contributed by atoms with E-state index in [2.05, 4.69) is 6.07 Å². The highest BCUT2D eigenvalue weighted by atomic mass is 16.5. The molecule has 0 heterocycles. The lowest BCUT2D eigenvalue weighted by Crippen LogP contribution is -2.12. The number of fused-ring (bicyclic) bond motifs is 1. The van der Waals surface area contributed by atoms with Gasteiger partial charge in [-0.15, -0.1) is 0 Å². The van der Waals surface area contributed by atoms with Gasteiger partial charge in [-0.3, -0.25) is 4.79 Å². The third kappa shape index (κ3) is 2.89. The van der Waals surface area contributed by atoms with Crippen molar-refractivity contribution in [2.75, 3.05) is 6.61 Å². The zero-order valence-electron chi connectivity index (χ0n) is 10.4. The summed E-state index contributed by atoms with van der Waals surface area (Å²) in [4.78, 5) is 11.8. The van der Waals surface area contributed by atoms with Gasteiger partial charge in [-0.25, -0.2) is 0 Å². The number of ketones is 1. The van der Waals surface area contributed by atoms with Crippen LogP contribution in [0.2, 0.25) is 0 Å².